The summed E-state index contributed by atoms with van der Waals surface area (Å²) >= 11 is -1.62. The molecule has 0 saturated heterocycles. The number of hydrogen-bond acceptors (Lipinski definition) is 8. The van der Waals surface area contributed by atoms with E-state index in [1.165, 1.54) is 36.4 Å². The quantitative estimate of drug-likeness (QED) is 0.0290. The third-order valence-corrected chi connectivity index (χ3v) is 11.0. The van der Waals surface area contributed by atoms with Crippen molar-refractivity contribution in [3.05, 3.63) is 107 Å². The standard InChI is InChI=1S/C40H47F4N7O4S/c1-5-6-7-8-21-55-37(53)48-35(45)27-11-9-13-30(22-27)51-33(24-34(49-51)40(42,43)44)36(52)47-32-23-28(16-17-31(32)41)39(19-18-26-14-15-26,29-12-10-20-46-25-29)50-56(54)38(2,3)4/h9-13,16-17,20,22-26,50H,5-8,14-15,18-19,21H2,1-4H3,(H,47,52)(H2,45,48,53)/t39?,56-/m1/s1. The summed E-state index contributed by atoms with van der Waals surface area (Å²) in [5, 5.41) is 16.8. The molecule has 0 radical (unpaired) electrons. The second-order valence-electron chi connectivity index (χ2n) is 14.8. The first-order valence-corrected chi connectivity index (χ1v) is 19.7. The van der Waals surface area contributed by atoms with Crippen molar-refractivity contribution >= 4 is 34.9 Å². The van der Waals surface area contributed by atoms with E-state index in [1.54, 1.807) is 18.5 Å². The molecule has 2 heterocycles. The van der Waals surface area contributed by atoms with Crippen LogP contribution in [0.15, 0.2) is 73.1 Å². The fourth-order valence-corrected chi connectivity index (χ4v) is 6.99. The normalized spacial score (nSPS) is 14.8. The van der Waals surface area contributed by atoms with E-state index in [0.717, 1.165) is 49.3 Å². The van der Waals surface area contributed by atoms with E-state index in [0.29, 0.717) is 36.0 Å². The van der Waals surface area contributed by atoms with Gasteiger partial charge in [0.25, 0.3) is 5.91 Å². The van der Waals surface area contributed by atoms with Gasteiger partial charge in [-0.15, -0.1) is 4.72 Å². The Hall–Kier alpha value is -4.80. The molecule has 1 aliphatic carbocycles. The number of rotatable bonds is 16. The SMILES string of the molecule is CCCCCCOC(=O)NC(=N)c1cccc(-n2nc(C(F)(F)F)cc2C(=O)Nc2cc(C(CCC3CC3)(N[S@+]([O-])C(C)(C)C)c3cccnc3)ccc2F)c1. The number of alkyl halides is 3. The van der Waals surface area contributed by atoms with Gasteiger partial charge in [-0.1, -0.05) is 63.3 Å². The Morgan fingerprint density at radius 2 is 1.79 bits per heavy atom. The number of amidine groups is 1. The zero-order valence-electron chi connectivity index (χ0n) is 31.8. The minimum atomic E-state index is -4.95. The molecule has 0 aliphatic heterocycles. The molecule has 5 rings (SSSR count). The van der Waals surface area contributed by atoms with Crippen molar-refractivity contribution in [3.8, 4) is 5.69 Å². The number of nitrogens with zero attached hydrogens (tertiary/aromatic N) is 3. The molecule has 4 aromatic rings. The van der Waals surface area contributed by atoms with Crippen LogP contribution in [-0.4, -0.2) is 48.5 Å². The van der Waals surface area contributed by atoms with Gasteiger partial charge in [0, 0.05) is 35.4 Å². The lowest BCUT2D eigenvalue weighted by atomic mass is 9.80. The molecule has 300 valence electrons. The van der Waals surface area contributed by atoms with Crippen LogP contribution in [0.4, 0.5) is 28.0 Å². The molecule has 56 heavy (non-hydrogen) atoms. The highest BCUT2D eigenvalue weighted by molar-refractivity contribution is 7.90. The van der Waals surface area contributed by atoms with Crippen LogP contribution in [0.3, 0.4) is 0 Å². The molecule has 16 heteroatoms. The van der Waals surface area contributed by atoms with E-state index in [9.17, 15) is 27.3 Å². The summed E-state index contributed by atoms with van der Waals surface area (Å²) in [6, 6.07) is 13.7. The number of unbranched alkanes of at least 4 members (excludes halogenated alkanes) is 3. The molecule has 2 atom stereocenters. The summed E-state index contributed by atoms with van der Waals surface area (Å²) in [5.74, 6) is -1.89. The molecule has 2 aromatic carbocycles. The first-order chi connectivity index (χ1) is 26.5. The number of anilines is 1. The maximum atomic E-state index is 15.6. The van der Waals surface area contributed by atoms with Crippen LogP contribution in [0.25, 0.3) is 5.69 Å². The van der Waals surface area contributed by atoms with Crippen molar-refractivity contribution in [3.63, 3.8) is 0 Å². The van der Waals surface area contributed by atoms with E-state index in [-0.39, 0.29) is 23.5 Å². The van der Waals surface area contributed by atoms with Crippen LogP contribution in [0.5, 0.6) is 0 Å². The summed E-state index contributed by atoms with van der Waals surface area (Å²) in [7, 11) is 0. The van der Waals surface area contributed by atoms with Gasteiger partial charge in [0.05, 0.1) is 18.0 Å². The van der Waals surface area contributed by atoms with Crippen LogP contribution in [0.2, 0.25) is 0 Å². The maximum absolute atomic E-state index is 15.6. The molecule has 0 bridgehead atoms. The Morgan fingerprint density at radius 1 is 1.02 bits per heavy atom. The van der Waals surface area contributed by atoms with Gasteiger partial charge in [-0.3, -0.25) is 20.5 Å². The van der Waals surface area contributed by atoms with Gasteiger partial charge < -0.3 is 14.6 Å². The third kappa shape index (κ3) is 10.7. The van der Waals surface area contributed by atoms with Crippen molar-refractivity contribution in [2.24, 2.45) is 5.92 Å². The average Bonchev–Trinajstić information content (AvgIpc) is 3.87. The fraction of sp³-hybridized carbons (Fsp3) is 0.425. The molecule has 4 N–H and O–H groups in total. The summed E-state index contributed by atoms with van der Waals surface area (Å²) in [6.45, 7) is 7.66. The Balaban J connectivity index is 1.48. The maximum Gasteiger partial charge on any atom is 0.435 e. The summed E-state index contributed by atoms with van der Waals surface area (Å²) < 4.78 is 80.0. The molecular formula is C40H47F4N7O4S. The Labute approximate surface area is 326 Å². The van der Waals surface area contributed by atoms with Gasteiger partial charge >= 0.3 is 12.3 Å². The lowest BCUT2D eigenvalue weighted by molar-refractivity contribution is -0.141. The van der Waals surface area contributed by atoms with Gasteiger partial charge in [-0.05, 0) is 87.4 Å². The van der Waals surface area contributed by atoms with E-state index in [4.69, 9.17) is 10.1 Å². The Kier molecular flexibility index (Phi) is 13.6. The van der Waals surface area contributed by atoms with Crippen LogP contribution < -0.4 is 15.4 Å². The van der Waals surface area contributed by atoms with Crippen LogP contribution in [0.1, 0.15) is 112 Å². The van der Waals surface area contributed by atoms with Gasteiger partial charge in [-0.2, -0.15) is 18.3 Å². The second kappa shape index (κ2) is 18.0. The smallest absolute Gasteiger partial charge is 0.435 e. The number of ether oxygens (including phenoxy) is 1. The molecule has 2 amide bonds. The van der Waals surface area contributed by atoms with Crippen molar-refractivity contribution < 1.29 is 36.4 Å². The number of carbonyl (C=O) groups excluding carboxylic acids is 2. The van der Waals surface area contributed by atoms with Gasteiger partial charge in [-0.25, -0.2) is 13.9 Å². The Morgan fingerprint density at radius 3 is 2.45 bits per heavy atom. The number of nitrogens with one attached hydrogen (secondary N) is 4. The van der Waals surface area contributed by atoms with Gasteiger partial charge in [0.1, 0.15) is 27.6 Å². The first-order valence-electron chi connectivity index (χ1n) is 18.5. The number of carbonyl (C=O) groups is 2. The zero-order valence-corrected chi connectivity index (χ0v) is 32.6. The Bertz CT molecular complexity index is 2000. The van der Waals surface area contributed by atoms with Crippen LogP contribution in [-0.2, 0) is 27.8 Å². The molecule has 0 spiro atoms. The van der Waals surface area contributed by atoms with Crippen molar-refractivity contribution in [1.29, 1.82) is 5.41 Å². The largest absolute Gasteiger partial charge is 0.598 e. The molecule has 2 aromatic heterocycles. The van der Waals surface area contributed by atoms with E-state index in [1.807, 2.05) is 33.8 Å². The molecular weight excluding hydrogens is 751 g/mol. The fourth-order valence-electron chi connectivity index (χ4n) is 6.03. The number of alkyl carbamates (subject to hydrolysis) is 1. The molecule has 1 fully saturated rings. The van der Waals surface area contributed by atoms with Crippen molar-refractivity contribution in [1.82, 2.24) is 24.8 Å². The highest BCUT2D eigenvalue weighted by Gasteiger charge is 2.44. The predicted molar refractivity (Wildman–Crippen MR) is 206 cm³/mol. The minimum Gasteiger partial charge on any atom is -0.598 e. The number of aromatic nitrogens is 3. The van der Waals surface area contributed by atoms with E-state index >= 15 is 4.39 Å². The van der Waals surface area contributed by atoms with Crippen molar-refractivity contribution in [2.75, 3.05) is 11.9 Å². The lowest BCUT2D eigenvalue weighted by Gasteiger charge is -2.38. The number of amides is 2. The lowest BCUT2D eigenvalue weighted by Crippen LogP contribution is -2.52. The topological polar surface area (TPSA) is 157 Å². The van der Waals surface area contributed by atoms with Gasteiger partial charge in [0.15, 0.2) is 5.69 Å². The van der Waals surface area contributed by atoms with Crippen LogP contribution >= 0.6 is 0 Å². The van der Waals surface area contributed by atoms with Crippen LogP contribution in [0, 0.1) is 17.1 Å². The van der Waals surface area contributed by atoms with Gasteiger partial charge in [0.2, 0.25) is 0 Å². The molecule has 1 aliphatic rings. The third-order valence-electron chi connectivity index (χ3n) is 9.38. The summed E-state index contributed by atoms with van der Waals surface area (Å²) in [5.41, 5.74) is -2.26. The second-order valence-corrected chi connectivity index (χ2v) is 16.8. The van der Waals surface area contributed by atoms with E-state index < -0.39 is 62.9 Å². The number of benzene rings is 2. The van der Waals surface area contributed by atoms with Crippen molar-refractivity contribution in [2.45, 2.75) is 95.5 Å². The minimum absolute atomic E-state index is 0.0404. The molecule has 1 saturated carbocycles. The first kappa shape index (κ1) is 42.3. The summed E-state index contributed by atoms with van der Waals surface area (Å²) in [6.07, 6.45) is 4.29. The van der Waals surface area contributed by atoms with E-state index in [2.05, 4.69) is 25.4 Å². The number of pyridine rings is 1. The summed E-state index contributed by atoms with van der Waals surface area (Å²) in [4.78, 5) is 30.5. The highest BCUT2D eigenvalue weighted by atomic mass is 32.2. The monoisotopic (exact) mass is 797 g/mol. The predicted octanol–water partition coefficient (Wildman–Crippen LogP) is 8.79. The highest BCUT2D eigenvalue weighted by Crippen LogP contribution is 2.43. The average molecular weight is 798 g/mol. The number of halogens is 4. The molecule has 1 unspecified atom stereocenters. The number of hydrogen-bond donors (Lipinski definition) is 4. The zero-order chi connectivity index (χ0) is 40.7. The molecule has 11 nitrogen and oxygen atoms in total.